The summed E-state index contributed by atoms with van der Waals surface area (Å²) in [5.74, 6) is 0. The van der Waals surface area contributed by atoms with Crippen LogP contribution in [0.3, 0.4) is 0 Å². The van der Waals surface area contributed by atoms with Crippen molar-refractivity contribution in [1.29, 1.82) is 0 Å². The molecule has 1 unspecified atom stereocenters. The summed E-state index contributed by atoms with van der Waals surface area (Å²) >= 11 is 0. The van der Waals surface area contributed by atoms with Crippen molar-refractivity contribution in [1.82, 2.24) is 4.98 Å². The van der Waals surface area contributed by atoms with E-state index in [4.69, 9.17) is 0 Å². The molecule has 0 spiro atoms. The topological polar surface area (TPSA) is 19.4 Å². The predicted octanol–water partition coefficient (Wildman–Crippen LogP) is 6.18. The van der Waals surface area contributed by atoms with Crippen molar-refractivity contribution in [3.63, 3.8) is 0 Å². The van der Waals surface area contributed by atoms with Gasteiger partial charge in [0, 0.05) is 23.0 Å². The van der Waals surface area contributed by atoms with Gasteiger partial charge in [0.2, 0.25) is 0 Å². The molecule has 0 bridgehead atoms. The summed E-state index contributed by atoms with van der Waals surface area (Å²) in [6, 6.07) is 27.8. The summed E-state index contributed by atoms with van der Waals surface area (Å²) in [6.07, 6.45) is 2.03. The molecule has 0 saturated carbocycles. The number of aromatic nitrogens is 1. The van der Waals surface area contributed by atoms with Gasteiger partial charge in [-0.3, -0.25) is 4.98 Å². The second-order valence-electron chi connectivity index (χ2n) is 7.03. The first-order valence-corrected chi connectivity index (χ1v) is 9.32. The lowest BCUT2D eigenvalue weighted by atomic mass is 10.1. The highest BCUT2D eigenvalue weighted by Crippen LogP contribution is 2.49. The zero-order chi connectivity index (χ0) is 18.4. The fourth-order valence-corrected chi connectivity index (χ4v) is 4.11. The number of hydrogen-bond acceptors (Lipinski definition) is 3. The fourth-order valence-electron chi connectivity index (χ4n) is 4.11. The Labute approximate surface area is 159 Å². The third-order valence-electron chi connectivity index (χ3n) is 5.38. The van der Waals surface area contributed by atoms with Crippen LogP contribution in [0.5, 0.6) is 0 Å². The summed E-state index contributed by atoms with van der Waals surface area (Å²) in [7, 11) is 0. The molecule has 132 valence electrons. The molecule has 1 aliphatic rings. The minimum Gasteiger partial charge on any atom is -0.319 e. The number of anilines is 4. The molecule has 27 heavy (non-hydrogen) atoms. The van der Waals surface area contributed by atoms with Crippen molar-refractivity contribution < 1.29 is 0 Å². The summed E-state index contributed by atoms with van der Waals surface area (Å²) in [5.41, 5.74) is 7.15. The van der Waals surface area contributed by atoms with Crippen LogP contribution >= 0.6 is 0 Å². The Bertz CT molecular complexity index is 1120. The van der Waals surface area contributed by atoms with Gasteiger partial charge in [0.05, 0.1) is 16.9 Å². The molecule has 0 fully saturated rings. The molecule has 0 N–H and O–H groups in total. The minimum absolute atomic E-state index is 0.167. The van der Waals surface area contributed by atoms with E-state index in [2.05, 4.69) is 101 Å². The number of hydrogen-bond donors (Lipinski definition) is 0. The molecule has 3 heteroatoms. The summed E-state index contributed by atoms with van der Waals surface area (Å²) in [4.78, 5) is 9.42. The standard InChI is InChI=1S/C24H21N3/c1-17-9-6-7-13-22(17)27-18(2)26(20-11-4-3-5-12-20)23-15-19-10-8-14-25-21(19)16-24(23)27/h3-16,18H,1-2H3. The van der Waals surface area contributed by atoms with E-state index in [0.717, 1.165) is 10.9 Å². The fraction of sp³-hybridized carbons (Fsp3) is 0.125. The third-order valence-corrected chi connectivity index (χ3v) is 5.38. The van der Waals surface area contributed by atoms with Crippen molar-refractivity contribution >= 4 is 33.7 Å². The van der Waals surface area contributed by atoms with Crippen molar-refractivity contribution in [2.45, 2.75) is 20.0 Å². The smallest absolute Gasteiger partial charge is 0.108 e. The summed E-state index contributed by atoms with van der Waals surface area (Å²) < 4.78 is 0. The molecular formula is C24H21N3. The molecule has 2 heterocycles. The van der Waals surface area contributed by atoms with Gasteiger partial charge in [0.15, 0.2) is 0 Å². The van der Waals surface area contributed by atoms with Gasteiger partial charge in [-0.1, -0.05) is 42.5 Å². The molecule has 0 aliphatic carbocycles. The average molecular weight is 351 g/mol. The van der Waals surface area contributed by atoms with Crippen LogP contribution in [0.15, 0.2) is 85.1 Å². The quantitative estimate of drug-likeness (QED) is 0.430. The molecular weight excluding hydrogens is 330 g/mol. The zero-order valence-corrected chi connectivity index (χ0v) is 15.5. The highest BCUT2D eigenvalue weighted by atomic mass is 15.4. The maximum Gasteiger partial charge on any atom is 0.108 e. The van der Waals surface area contributed by atoms with Crippen molar-refractivity contribution in [3.8, 4) is 0 Å². The summed E-state index contributed by atoms with van der Waals surface area (Å²) in [5, 5.41) is 1.16. The van der Waals surface area contributed by atoms with Crippen LogP contribution in [0.4, 0.5) is 22.7 Å². The van der Waals surface area contributed by atoms with Crippen LogP contribution in [-0.2, 0) is 0 Å². The van der Waals surface area contributed by atoms with Crippen LogP contribution in [0.2, 0.25) is 0 Å². The maximum atomic E-state index is 4.59. The van der Waals surface area contributed by atoms with Crippen molar-refractivity contribution in [3.05, 3.63) is 90.6 Å². The minimum atomic E-state index is 0.167. The highest BCUT2D eigenvalue weighted by Gasteiger charge is 2.35. The van der Waals surface area contributed by atoms with Gasteiger partial charge in [0.1, 0.15) is 6.17 Å². The lowest BCUT2D eigenvalue weighted by Gasteiger charge is -2.31. The van der Waals surface area contributed by atoms with Gasteiger partial charge in [-0.05, 0) is 55.8 Å². The van der Waals surface area contributed by atoms with Gasteiger partial charge in [-0.25, -0.2) is 0 Å². The Kier molecular flexibility index (Phi) is 3.61. The molecule has 4 aromatic rings. The molecule has 3 nitrogen and oxygen atoms in total. The molecule has 3 aromatic carbocycles. The highest BCUT2D eigenvalue weighted by molar-refractivity contribution is 5.97. The molecule has 1 aromatic heterocycles. The first kappa shape index (κ1) is 15.9. The van der Waals surface area contributed by atoms with E-state index >= 15 is 0 Å². The number of para-hydroxylation sites is 2. The second-order valence-corrected chi connectivity index (χ2v) is 7.03. The first-order valence-electron chi connectivity index (χ1n) is 9.32. The van der Waals surface area contributed by atoms with E-state index in [9.17, 15) is 0 Å². The lowest BCUT2D eigenvalue weighted by Crippen LogP contribution is -2.35. The SMILES string of the molecule is Cc1ccccc1N1c2cc3ncccc3cc2N(c2ccccc2)C1C. The molecule has 5 rings (SSSR count). The number of rotatable bonds is 2. The predicted molar refractivity (Wildman–Crippen MR) is 113 cm³/mol. The van der Waals surface area contributed by atoms with Crippen molar-refractivity contribution in [2.75, 3.05) is 9.80 Å². The Morgan fingerprint density at radius 2 is 1.48 bits per heavy atom. The van der Waals surface area contributed by atoms with Gasteiger partial charge >= 0.3 is 0 Å². The zero-order valence-electron chi connectivity index (χ0n) is 15.5. The largest absolute Gasteiger partial charge is 0.319 e. The van der Waals surface area contributed by atoms with E-state index in [-0.39, 0.29) is 6.17 Å². The van der Waals surface area contributed by atoms with Crippen LogP contribution in [0.1, 0.15) is 12.5 Å². The Morgan fingerprint density at radius 1 is 0.741 bits per heavy atom. The number of nitrogens with zero attached hydrogens (tertiary/aromatic N) is 3. The average Bonchev–Trinajstić information content (AvgIpc) is 2.98. The van der Waals surface area contributed by atoms with Gasteiger partial charge in [0.25, 0.3) is 0 Å². The lowest BCUT2D eigenvalue weighted by molar-refractivity contribution is 0.759. The maximum absolute atomic E-state index is 4.59. The Hall–Kier alpha value is -3.33. The number of benzene rings is 3. The van der Waals surface area contributed by atoms with Gasteiger partial charge < -0.3 is 9.80 Å². The van der Waals surface area contributed by atoms with Gasteiger partial charge in [-0.15, -0.1) is 0 Å². The molecule has 1 atom stereocenters. The summed E-state index contributed by atoms with van der Waals surface area (Å²) in [6.45, 7) is 4.43. The molecule has 0 saturated heterocycles. The van der Waals surface area contributed by atoms with E-state index in [1.807, 2.05) is 12.3 Å². The van der Waals surface area contributed by atoms with Crippen LogP contribution in [0, 0.1) is 6.92 Å². The normalized spacial score (nSPS) is 16.0. The van der Waals surface area contributed by atoms with Crippen LogP contribution in [-0.4, -0.2) is 11.1 Å². The van der Waals surface area contributed by atoms with E-state index in [1.54, 1.807) is 0 Å². The number of fused-ring (bicyclic) bond motifs is 2. The molecule has 0 radical (unpaired) electrons. The molecule has 1 aliphatic heterocycles. The number of pyridine rings is 1. The second kappa shape index (κ2) is 6.13. The number of aryl methyl sites for hydroxylation is 1. The van der Waals surface area contributed by atoms with Crippen molar-refractivity contribution in [2.24, 2.45) is 0 Å². The molecule has 0 amide bonds. The Balaban J connectivity index is 1.78. The van der Waals surface area contributed by atoms with E-state index < -0.39 is 0 Å². The van der Waals surface area contributed by atoms with Crippen LogP contribution < -0.4 is 9.80 Å². The van der Waals surface area contributed by atoms with Crippen LogP contribution in [0.25, 0.3) is 10.9 Å². The third kappa shape index (κ3) is 2.47. The monoisotopic (exact) mass is 351 g/mol. The Morgan fingerprint density at radius 3 is 2.30 bits per heavy atom. The van der Waals surface area contributed by atoms with E-state index in [1.165, 1.54) is 28.3 Å². The first-order chi connectivity index (χ1) is 13.2. The van der Waals surface area contributed by atoms with E-state index in [0.29, 0.717) is 0 Å². The van der Waals surface area contributed by atoms with Gasteiger partial charge in [-0.2, -0.15) is 0 Å².